The predicted molar refractivity (Wildman–Crippen MR) is 79.6 cm³/mol. The van der Waals surface area contributed by atoms with Crippen LogP contribution in [0.4, 0.5) is 13.2 Å². The molecule has 0 unspecified atom stereocenters. The van der Waals surface area contributed by atoms with Crippen LogP contribution in [-0.4, -0.2) is 17.7 Å². The van der Waals surface area contributed by atoms with Crippen LogP contribution in [0, 0.1) is 0 Å². The van der Waals surface area contributed by atoms with E-state index in [1.165, 1.54) is 18.4 Å². The molecule has 0 saturated carbocycles. The minimum absolute atomic E-state index is 0.270. The van der Waals surface area contributed by atoms with E-state index in [9.17, 15) is 13.2 Å². The Morgan fingerprint density at radius 1 is 1.17 bits per heavy atom. The van der Waals surface area contributed by atoms with Crippen molar-refractivity contribution in [2.24, 2.45) is 4.99 Å². The first-order valence-electron chi connectivity index (χ1n) is 7.06. The van der Waals surface area contributed by atoms with Crippen molar-refractivity contribution in [3.05, 3.63) is 53.4 Å². The highest BCUT2D eigenvalue weighted by molar-refractivity contribution is 5.79. The molecule has 0 atom stereocenters. The van der Waals surface area contributed by atoms with Gasteiger partial charge in [-0.15, -0.1) is 0 Å². The number of hydrogen-bond acceptors (Lipinski definition) is 3. The van der Waals surface area contributed by atoms with Crippen molar-refractivity contribution in [3.8, 4) is 0 Å². The van der Waals surface area contributed by atoms with E-state index in [1.54, 1.807) is 6.07 Å². The van der Waals surface area contributed by atoms with Gasteiger partial charge in [-0.3, -0.25) is 0 Å². The zero-order chi connectivity index (χ0) is 16.7. The molecule has 124 valence electrons. The molecule has 2 aromatic rings. The molecule has 2 N–H and O–H groups in total. The maximum atomic E-state index is 12.5. The number of alkyl halides is 3. The second kappa shape index (κ2) is 7.66. The Kier molecular flexibility index (Phi) is 5.61. The van der Waals surface area contributed by atoms with Crippen molar-refractivity contribution in [1.82, 2.24) is 15.8 Å². The first-order valence-corrected chi connectivity index (χ1v) is 7.06. The largest absolute Gasteiger partial charge is 0.416 e. The quantitative estimate of drug-likeness (QED) is 0.655. The van der Waals surface area contributed by atoms with Gasteiger partial charge >= 0.3 is 6.18 Å². The summed E-state index contributed by atoms with van der Waals surface area (Å²) in [7, 11) is 0. The number of rotatable bonds is 5. The fraction of sp³-hybridized carbons (Fsp3) is 0.333. The summed E-state index contributed by atoms with van der Waals surface area (Å²) in [4.78, 5) is 4.33. The van der Waals surface area contributed by atoms with Crippen LogP contribution in [-0.2, 0) is 19.3 Å². The highest BCUT2D eigenvalue weighted by Crippen LogP contribution is 2.29. The Labute approximate surface area is 131 Å². The molecule has 0 saturated heterocycles. The molecule has 0 aliphatic rings. The average Bonchev–Trinajstić information content (AvgIpc) is 3.03. The van der Waals surface area contributed by atoms with Gasteiger partial charge in [0.25, 0.3) is 0 Å². The summed E-state index contributed by atoms with van der Waals surface area (Å²) in [5.74, 6) is 0.551. The molecule has 0 amide bonds. The van der Waals surface area contributed by atoms with Gasteiger partial charge < -0.3 is 15.2 Å². The lowest BCUT2D eigenvalue weighted by molar-refractivity contribution is -0.137. The fourth-order valence-electron chi connectivity index (χ4n) is 1.81. The Morgan fingerprint density at radius 2 is 1.91 bits per heavy atom. The minimum Gasteiger partial charge on any atom is -0.364 e. The number of benzene rings is 1. The van der Waals surface area contributed by atoms with Crippen LogP contribution in [0.15, 0.2) is 46.1 Å². The van der Waals surface area contributed by atoms with Crippen LogP contribution in [0.1, 0.15) is 23.7 Å². The van der Waals surface area contributed by atoms with Crippen LogP contribution in [0.2, 0.25) is 0 Å². The van der Waals surface area contributed by atoms with Crippen molar-refractivity contribution < 1.29 is 17.7 Å². The molecule has 2 rings (SSSR count). The molecule has 0 bridgehead atoms. The number of nitrogens with zero attached hydrogens (tertiary/aromatic N) is 2. The molecular formula is C15H17F3N4O. The second-order valence-corrected chi connectivity index (χ2v) is 4.73. The van der Waals surface area contributed by atoms with Crippen molar-refractivity contribution in [2.75, 3.05) is 6.54 Å². The van der Waals surface area contributed by atoms with Gasteiger partial charge in [-0.2, -0.15) is 13.2 Å². The summed E-state index contributed by atoms with van der Waals surface area (Å²) >= 11 is 0. The monoisotopic (exact) mass is 326 g/mol. The van der Waals surface area contributed by atoms with Gasteiger partial charge in [0.15, 0.2) is 5.96 Å². The van der Waals surface area contributed by atoms with Gasteiger partial charge in [0.2, 0.25) is 0 Å². The molecule has 5 nitrogen and oxygen atoms in total. The van der Waals surface area contributed by atoms with Gasteiger partial charge in [-0.25, -0.2) is 4.99 Å². The molecule has 1 aromatic carbocycles. The minimum atomic E-state index is -4.32. The van der Waals surface area contributed by atoms with E-state index in [4.69, 9.17) is 4.52 Å². The maximum Gasteiger partial charge on any atom is 0.416 e. The van der Waals surface area contributed by atoms with Gasteiger partial charge in [-0.05, 0) is 24.6 Å². The highest BCUT2D eigenvalue weighted by Gasteiger charge is 2.29. The molecule has 0 fully saturated rings. The summed E-state index contributed by atoms with van der Waals surface area (Å²) in [6.45, 7) is 3.30. The third-order valence-electron chi connectivity index (χ3n) is 2.97. The van der Waals surface area contributed by atoms with Crippen molar-refractivity contribution in [1.29, 1.82) is 0 Å². The van der Waals surface area contributed by atoms with Crippen LogP contribution in [0.3, 0.4) is 0 Å². The van der Waals surface area contributed by atoms with Crippen LogP contribution in [0.5, 0.6) is 0 Å². The van der Waals surface area contributed by atoms with E-state index >= 15 is 0 Å². The summed E-state index contributed by atoms with van der Waals surface area (Å²) in [5, 5.41) is 9.89. The smallest absolute Gasteiger partial charge is 0.364 e. The molecule has 23 heavy (non-hydrogen) atoms. The summed E-state index contributed by atoms with van der Waals surface area (Å²) in [5.41, 5.74) is 0.753. The number of hydrogen-bond donors (Lipinski definition) is 2. The third kappa shape index (κ3) is 5.32. The predicted octanol–water partition coefficient (Wildman–Crippen LogP) is 2.95. The number of nitrogens with one attached hydrogen (secondary N) is 2. The van der Waals surface area contributed by atoms with Crippen molar-refractivity contribution in [2.45, 2.75) is 26.2 Å². The number of halogens is 3. The summed E-state index contributed by atoms with van der Waals surface area (Å²) in [6.07, 6.45) is -2.85. The van der Waals surface area contributed by atoms with E-state index in [-0.39, 0.29) is 6.54 Å². The van der Waals surface area contributed by atoms with Gasteiger partial charge in [0.05, 0.1) is 18.7 Å². The van der Waals surface area contributed by atoms with Gasteiger partial charge in [0.1, 0.15) is 12.0 Å². The van der Waals surface area contributed by atoms with Crippen LogP contribution >= 0.6 is 0 Å². The normalized spacial score (nSPS) is 12.3. The maximum absolute atomic E-state index is 12.5. The molecule has 1 aromatic heterocycles. The van der Waals surface area contributed by atoms with Crippen molar-refractivity contribution in [3.63, 3.8) is 0 Å². The van der Waals surface area contributed by atoms with E-state index in [2.05, 4.69) is 20.8 Å². The lowest BCUT2D eigenvalue weighted by Crippen LogP contribution is -2.36. The van der Waals surface area contributed by atoms with Crippen LogP contribution in [0.25, 0.3) is 0 Å². The summed E-state index contributed by atoms with van der Waals surface area (Å²) < 4.78 is 42.3. The Bertz CT molecular complexity index is 621. The van der Waals surface area contributed by atoms with E-state index < -0.39 is 11.7 Å². The Hall–Kier alpha value is -2.51. The van der Waals surface area contributed by atoms with Crippen molar-refractivity contribution >= 4 is 5.96 Å². The second-order valence-electron chi connectivity index (χ2n) is 4.73. The van der Waals surface area contributed by atoms with E-state index in [0.717, 1.165) is 17.8 Å². The SMILES string of the molecule is CCNC(=NCc1ccc(C(F)(F)F)cc1)NCc1ccon1. The molecule has 1 heterocycles. The third-order valence-corrected chi connectivity index (χ3v) is 2.97. The molecule has 8 heteroatoms. The number of aromatic nitrogens is 1. The van der Waals surface area contributed by atoms with Crippen LogP contribution < -0.4 is 10.6 Å². The average molecular weight is 326 g/mol. The zero-order valence-electron chi connectivity index (χ0n) is 12.5. The van der Waals surface area contributed by atoms with Gasteiger partial charge in [0, 0.05) is 12.6 Å². The number of guanidine groups is 1. The molecule has 0 radical (unpaired) electrons. The topological polar surface area (TPSA) is 62.5 Å². The van der Waals surface area contributed by atoms with Gasteiger partial charge in [-0.1, -0.05) is 17.3 Å². The first kappa shape index (κ1) is 16.9. The lowest BCUT2D eigenvalue weighted by atomic mass is 10.1. The molecular weight excluding hydrogens is 309 g/mol. The highest BCUT2D eigenvalue weighted by atomic mass is 19.4. The zero-order valence-corrected chi connectivity index (χ0v) is 12.5. The van der Waals surface area contributed by atoms with E-state index in [1.807, 2.05) is 6.92 Å². The lowest BCUT2D eigenvalue weighted by Gasteiger charge is -2.10. The standard InChI is InChI=1S/C15H17F3N4O/c1-2-19-14(21-10-13-7-8-23-22-13)20-9-11-3-5-12(6-4-11)15(16,17)18/h3-8H,2,9-10H2,1H3,(H2,19,20,21). The molecule has 0 spiro atoms. The Balaban J connectivity index is 1.96. The molecule has 0 aliphatic heterocycles. The molecule has 0 aliphatic carbocycles. The van der Waals surface area contributed by atoms with E-state index in [0.29, 0.717) is 24.6 Å². The number of aliphatic imine (C=N–C) groups is 1. The fourth-order valence-corrected chi connectivity index (χ4v) is 1.81. The summed E-state index contributed by atoms with van der Waals surface area (Å²) in [6, 6.07) is 6.69. The Morgan fingerprint density at radius 3 is 2.48 bits per heavy atom. The first-order chi connectivity index (χ1) is 11.0.